The largest absolute Gasteiger partial charge is 0.480 e. The molecule has 0 bridgehead atoms. The van der Waals surface area contributed by atoms with Crippen molar-refractivity contribution in [2.75, 3.05) is 26.7 Å². The van der Waals surface area contributed by atoms with Gasteiger partial charge in [-0.25, -0.2) is 9.59 Å². The summed E-state index contributed by atoms with van der Waals surface area (Å²) < 4.78 is 0. The van der Waals surface area contributed by atoms with E-state index in [1.807, 2.05) is 20.8 Å². The minimum absolute atomic E-state index is 0.0691. The maximum absolute atomic E-state index is 12.0. The van der Waals surface area contributed by atoms with Crippen molar-refractivity contribution in [2.45, 2.75) is 40.2 Å². The molecule has 7 nitrogen and oxygen atoms in total. The summed E-state index contributed by atoms with van der Waals surface area (Å²) in [6, 6.07) is -1.50. The van der Waals surface area contributed by atoms with Crippen LogP contribution >= 0.6 is 0 Å². The smallest absolute Gasteiger partial charge is 0.326 e. The monoisotopic (exact) mass is 301 g/mol. The van der Waals surface area contributed by atoms with Crippen LogP contribution in [0.3, 0.4) is 0 Å². The molecule has 0 aliphatic carbocycles. The molecule has 0 saturated carbocycles. The molecular weight excluding hydrogens is 274 g/mol. The number of nitrogens with zero attached hydrogens (tertiary/aromatic N) is 2. The zero-order chi connectivity index (χ0) is 16.6. The Morgan fingerprint density at radius 2 is 1.67 bits per heavy atom. The molecule has 0 aromatic rings. The Morgan fingerprint density at radius 1 is 1.14 bits per heavy atom. The van der Waals surface area contributed by atoms with Gasteiger partial charge in [-0.2, -0.15) is 0 Å². The zero-order valence-electron chi connectivity index (χ0n) is 13.5. The molecular formula is C14H27N3O4. The van der Waals surface area contributed by atoms with Gasteiger partial charge in [0.15, 0.2) is 0 Å². The van der Waals surface area contributed by atoms with Gasteiger partial charge in [-0.05, 0) is 19.8 Å². The number of hydrogen-bond acceptors (Lipinski definition) is 3. The lowest BCUT2D eigenvalue weighted by Crippen LogP contribution is -2.51. The number of amides is 3. The molecule has 0 radical (unpaired) electrons. The van der Waals surface area contributed by atoms with Gasteiger partial charge >= 0.3 is 12.0 Å². The van der Waals surface area contributed by atoms with Crippen molar-refractivity contribution in [3.8, 4) is 0 Å². The topological polar surface area (TPSA) is 90.0 Å². The molecule has 0 aromatic carbocycles. The molecule has 0 fully saturated rings. The molecule has 0 saturated heterocycles. The van der Waals surface area contributed by atoms with Gasteiger partial charge < -0.3 is 20.2 Å². The maximum atomic E-state index is 12.0. The molecule has 0 unspecified atom stereocenters. The van der Waals surface area contributed by atoms with Gasteiger partial charge in [0.1, 0.15) is 12.6 Å². The zero-order valence-corrected chi connectivity index (χ0v) is 13.5. The average molecular weight is 301 g/mol. The van der Waals surface area contributed by atoms with Crippen LogP contribution < -0.4 is 5.32 Å². The van der Waals surface area contributed by atoms with Gasteiger partial charge in [0, 0.05) is 20.1 Å². The molecule has 0 aromatic heterocycles. The van der Waals surface area contributed by atoms with Gasteiger partial charge in [-0.3, -0.25) is 4.79 Å². The Kier molecular flexibility index (Phi) is 8.42. The van der Waals surface area contributed by atoms with E-state index in [1.54, 1.807) is 11.8 Å². The van der Waals surface area contributed by atoms with E-state index in [0.29, 0.717) is 19.5 Å². The lowest BCUT2D eigenvalue weighted by atomic mass is 9.99. The minimum atomic E-state index is -1.07. The predicted octanol–water partition coefficient (Wildman–Crippen LogP) is 0.996. The molecule has 7 heteroatoms. The van der Waals surface area contributed by atoms with E-state index in [1.165, 1.54) is 11.9 Å². The highest BCUT2D eigenvalue weighted by atomic mass is 16.4. The highest BCUT2D eigenvalue weighted by Crippen LogP contribution is 2.08. The molecule has 2 N–H and O–H groups in total. The second-order valence-electron chi connectivity index (χ2n) is 5.07. The summed E-state index contributed by atoms with van der Waals surface area (Å²) in [5.74, 6) is -1.41. The minimum Gasteiger partial charge on any atom is -0.480 e. The number of hydrogen-bond donors (Lipinski definition) is 2. The molecule has 0 aliphatic rings. The summed E-state index contributed by atoms with van der Waals surface area (Å²) in [7, 11) is 1.48. The Hall–Kier alpha value is -1.79. The summed E-state index contributed by atoms with van der Waals surface area (Å²) in [4.78, 5) is 37.9. The van der Waals surface area contributed by atoms with Crippen LogP contribution in [0.4, 0.5) is 4.79 Å². The van der Waals surface area contributed by atoms with Crippen LogP contribution in [-0.2, 0) is 9.59 Å². The van der Waals surface area contributed by atoms with Gasteiger partial charge in [-0.15, -0.1) is 0 Å². The van der Waals surface area contributed by atoms with Crippen LogP contribution in [0.5, 0.6) is 0 Å². The first kappa shape index (κ1) is 19.2. The number of carboxylic acids is 1. The van der Waals surface area contributed by atoms with Gasteiger partial charge in [0.2, 0.25) is 5.91 Å². The fourth-order valence-corrected chi connectivity index (χ4v) is 1.88. The van der Waals surface area contributed by atoms with Crippen molar-refractivity contribution in [1.29, 1.82) is 0 Å². The predicted molar refractivity (Wildman–Crippen MR) is 80.0 cm³/mol. The number of rotatable bonds is 8. The maximum Gasteiger partial charge on any atom is 0.326 e. The van der Waals surface area contributed by atoms with Crippen molar-refractivity contribution < 1.29 is 19.5 Å². The summed E-state index contributed by atoms with van der Waals surface area (Å²) in [6.07, 6.45) is 0.638. The van der Waals surface area contributed by atoms with E-state index in [2.05, 4.69) is 5.32 Å². The average Bonchev–Trinajstić information content (AvgIpc) is 2.44. The lowest BCUT2D eigenvalue weighted by Gasteiger charge is -2.26. The first-order chi connectivity index (χ1) is 9.78. The first-order valence-electron chi connectivity index (χ1n) is 7.30. The Labute approximate surface area is 126 Å². The third-order valence-corrected chi connectivity index (χ3v) is 3.59. The number of likely N-dealkylation sites (N-methyl/N-ethyl adjacent to an activating group) is 2. The highest BCUT2D eigenvalue weighted by Gasteiger charge is 2.27. The molecule has 2 atom stereocenters. The molecule has 3 amide bonds. The highest BCUT2D eigenvalue weighted by molar-refractivity contribution is 5.86. The van der Waals surface area contributed by atoms with Crippen molar-refractivity contribution in [3.63, 3.8) is 0 Å². The van der Waals surface area contributed by atoms with Crippen molar-refractivity contribution in [3.05, 3.63) is 0 Å². The molecule has 0 rings (SSSR count). The molecule has 0 aliphatic heterocycles. The van der Waals surface area contributed by atoms with Crippen LogP contribution in [-0.4, -0.2) is 65.5 Å². The fourth-order valence-electron chi connectivity index (χ4n) is 1.88. The standard InChI is InChI=1S/C14H27N3O4/c1-6-10(4)12(13(19)20)15-14(21)16(5)9-11(18)17(7-2)8-3/h10,12H,6-9H2,1-5H3,(H,15,21)(H,19,20)/t10-,12-/m0/s1. The van der Waals surface area contributed by atoms with Crippen LogP contribution in [0.25, 0.3) is 0 Å². The number of nitrogens with one attached hydrogen (secondary N) is 1. The summed E-state index contributed by atoms with van der Waals surface area (Å²) in [6.45, 7) is 8.45. The molecule has 0 spiro atoms. The van der Waals surface area contributed by atoms with E-state index in [0.717, 1.165) is 0 Å². The molecule has 21 heavy (non-hydrogen) atoms. The van der Waals surface area contributed by atoms with Crippen LogP contribution in [0.1, 0.15) is 34.1 Å². The molecule has 0 heterocycles. The van der Waals surface area contributed by atoms with E-state index in [4.69, 9.17) is 5.11 Å². The van der Waals surface area contributed by atoms with E-state index in [9.17, 15) is 14.4 Å². The lowest BCUT2D eigenvalue weighted by molar-refractivity contribution is -0.140. The van der Waals surface area contributed by atoms with Crippen LogP contribution in [0.15, 0.2) is 0 Å². The first-order valence-corrected chi connectivity index (χ1v) is 7.30. The van der Waals surface area contributed by atoms with Gasteiger partial charge in [-0.1, -0.05) is 20.3 Å². The number of carbonyl (C=O) groups is 3. The third kappa shape index (κ3) is 6.01. The molecule has 122 valence electrons. The summed E-state index contributed by atoms with van der Waals surface area (Å²) >= 11 is 0. The summed E-state index contributed by atoms with van der Waals surface area (Å²) in [5.41, 5.74) is 0. The van der Waals surface area contributed by atoms with Crippen LogP contribution in [0.2, 0.25) is 0 Å². The number of urea groups is 1. The quantitative estimate of drug-likeness (QED) is 0.699. The van der Waals surface area contributed by atoms with Crippen molar-refractivity contribution >= 4 is 17.9 Å². The van der Waals surface area contributed by atoms with E-state index in [-0.39, 0.29) is 18.4 Å². The SMILES string of the molecule is CC[C@H](C)[C@H](NC(=O)N(C)CC(=O)N(CC)CC)C(=O)O. The second kappa shape index (κ2) is 9.20. The number of carboxylic acid groups (broad SMARTS) is 1. The van der Waals surface area contributed by atoms with E-state index < -0.39 is 18.0 Å². The van der Waals surface area contributed by atoms with E-state index >= 15 is 0 Å². The second-order valence-corrected chi connectivity index (χ2v) is 5.07. The number of aliphatic carboxylic acids is 1. The van der Waals surface area contributed by atoms with Crippen molar-refractivity contribution in [1.82, 2.24) is 15.1 Å². The van der Waals surface area contributed by atoms with Gasteiger partial charge in [0.25, 0.3) is 0 Å². The third-order valence-electron chi connectivity index (χ3n) is 3.59. The summed E-state index contributed by atoms with van der Waals surface area (Å²) in [5, 5.41) is 11.6. The Morgan fingerprint density at radius 3 is 2.05 bits per heavy atom. The Bertz CT molecular complexity index is 369. The normalized spacial score (nSPS) is 13.2. The van der Waals surface area contributed by atoms with Gasteiger partial charge in [0.05, 0.1) is 0 Å². The fraction of sp³-hybridized carbons (Fsp3) is 0.786. The Balaban J connectivity index is 4.63. The number of carbonyl (C=O) groups excluding carboxylic acids is 2. The van der Waals surface area contributed by atoms with Crippen molar-refractivity contribution in [2.24, 2.45) is 5.92 Å². The van der Waals surface area contributed by atoms with Crippen LogP contribution in [0, 0.1) is 5.92 Å².